The number of primary amides is 1. The summed E-state index contributed by atoms with van der Waals surface area (Å²) in [5, 5.41) is 1.54. The minimum Gasteiger partial charge on any atom is -0.364 e. The van der Waals surface area contributed by atoms with Gasteiger partial charge in [0.25, 0.3) is 5.91 Å². The van der Waals surface area contributed by atoms with Crippen LogP contribution in [0.3, 0.4) is 0 Å². The smallest absolute Gasteiger partial charge is 0.364 e. The van der Waals surface area contributed by atoms with Crippen molar-refractivity contribution in [2.24, 2.45) is 10.7 Å². The molecular formula is C18H25N4O3+. The summed E-state index contributed by atoms with van der Waals surface area (Å²) in [5.74, 6) is 0.126. The molecule has 1 aromatic carbocycles. The van der Waals surface area contributed by atoms with Gasteiger partial charge in [0.1, 0.15) is 11.5 Å². The fourth-order valence-electron chi connectivity index (χ4n) is 3.85. The molecule has 25 heavy (non-hydrogen) atoms. The number of hydrogen-bond acceptors (Lipinski definition) is 3. The third kappa shape index (κ3) is 3.17. The summed E-state index contributed by atoms with van der Waals surface area (Å²) in [6.45, 7) is 2.45. The molecule has 3 amide bonds. The number of piperidine rings is 1. The Balaban J connectivity index is 2.07. The Hall–Kier alpha value is -2.25. The van der Waals surface area contributed by atoms with Crippen LogP contribution in [0.5, 0.6) is 0 Å². The zero-order chi connectivity index (χ0) is 18.0. The highest BCUT2D eigenvalue weighted by Crippen LogP contribution is 2.35. The molecular weight excluding hydrogens is 320 g/mol. The van der Waals surface area contributed by atoms with E-state index in [0.29, 0.717) is 25.2 Å². The molecule has 0 bridgehead atoms. The summed E-state index contributed by atoms with van der Waals surface area (Å²) in [6, 6.07) is 8.42. The number of hydrogen-bond donors (Lipinski definition) is 1. The second-order valence-electron chi connectivity index (χ2n) is 6.77. The second-order valence-corrected chi connectivity index (χ2v) is 6.77. The van der Waals surface area contributed by atoms with Gasteiger partial charge in [0.2, 0.25) is 0 Å². The van der Waals surface area contributed by atoms with E-state index in [9.17, 15) is 9.59 Å². The number of likely N-dealkylation sites (tertiary alicyclic amines) is 1. The zero-order valence-corrected chi connectivity index (χ0v) is 14.7. The third-order valence-electron chi connectivity index (χ3n) is 5.05. The molecule has 0 aliphatic carbocycles. The fourth-order valence-corrected chi connectivity index (χ4v) is 3.85. The number of aliphatic imine (C=N–C) groups is 1. The maximum atomic E-state index is 13.3. The monoisotopic (exact) mass is 345 g/mol. The Morgan fingerprint density at radius 2 is 2.00 bits per heavy atom. The van der Waals surface area contributed by atoms with E-state index in [2.05, 4.69) is 4.99 Å². The van der Waals surface area contributed by atoms with Gasteiger partial charge in [-0.15, -0.1) is 4.99 Å². The highest BCUT2D eigenvalue weighted by Gasteiger charge is 2.51. The number of amides is 3. The van der Waals surface area contributed by atoms with Crippen LogP contribution in [0, 0.1) is 0 Å². The summed E-state index contributed by atoms with van der Waals surface area (Å²) in [6.07, 6.45) is 2.86. The van der Waals surface area contributed by atoms with Gasteiger partial charge < -0.3 is 5.73 Å². The van der Waals surface area contributed by atoms with E-state index in [0.717, 1.165) is 18.5 Å². The summed E-state index contributed by atoms with van der Waals surface area (Å²) < 4.78 is -0.137. The van der Waals surface area contributed by atoms with Crippen LogP contribution in [-0.4, -0.2) is 48.6 Å². The first kappa shape index (κ1) is 17.6. The molecule has 1 aromatic rings. The van der Waals surface area contributed by atoms with Crippen molar-refractivity contribution in [3.05, 3.63) is 30.3 Å². The Kier molecular flexibility index (Phi) is 4.87. The van der Waals surface area contributed by atoms with Gasteiger partial charge >= 0.3 is 6.03 Å². The number of carbonyl (C=O) groups is 2. The molecule has 2 N–H and O–H groups in total. The van der Waals surface area contributed by atoms with Crippen LogP contribution in [0.15, 0.2) is 35.3 Å². The average molecular weight is 345 g/mol. The van der Waals surface area contributed by atoms with E-state index in [1.807, 2.05) is 37.3 Å². The molecule has 2 fully saturated rings. The van der Waals surface area contributed by atoms with E-state index in [-0.39, 0.29) is 16.6 Å². The molecule has 2 saturated heterocycles. The quantitative estimate of drug-likeness (QED) is 0.833. The lowest BCUT2D eigenvalue weighted by atomic mass is 9.96. The van der Waals surface area contributed by atoms with E-state index in [1.54, 1.807) is 7.05 Å². The van der Waals surface area contributed by atoms with Gasteiger partial charge in [-0.25, -0.2) is 9.86 Å². The maximum Gasteiger partial charge on any atom is 0.450 e. The number of urea groups is 1. The Morgan fingerprint density at radius 1 is 1.28 bits per heavy atom. The van der Waals surface area contributed by atoms with Crippen molar-refractivity contribution in [3.8, 4) is 0 Å². The molecule has 7 heteroatoms. The predicted molar refractivity (Wildman–Crippen MR) is 95.7 cm³/mol. The number of nitrogens with zero attached hydrogens (tertiary/aromatic N) is 3. The Bertz CT molecular complexity index is 691. The lowest BCUT2D eigenvalue weighted by Crippen LogP contribution is -2.66. The number of para-hydroxylation sites is 1. The zero-order valence-electron chi connectivity index (χ0n) is 14.7. The van der Waals surface area contributed by atoms with Gasteiger partial charge in [-0.1, -0.05) is 18.2 Å². The van der Waals surface area contributed by atoms with E-state index in [4.69, 9.17) is 10.6 Å². The van der Waals surface area contributed by atoms with Crippen LogP contribution >= 0.6 is 0 Å². The maximum absolute atomic E-state index is 13.3. The SMILES string of the molecule is CC1CC(=NC(=O)[N+]2(c3ccccc3)CCCCC2C(N)=O)N(C)O1. The highest BCUT2D eigenvalue weighted by molar-refractivity contribution is 6.02. The Morgan fingerprint density at radius 3 is 2.60 bits per heavy atom. The topological polar surface area (TPSA) is 85.0 Å². The predicted octanol–water partition coefficient (Wildman–Crippen LogP) is 2.21. The van der Waals surface area contributed by atoms with Crippen molar-refractivity contribution in [3.63, 3.8) is 0 Å². The molecule has 134 valence electrons. The number of carbonyl (C=O) groups excluding carboxylic acids is 2. The van der Waals surface area contributed by atoms with Crippen molar-refractivity contribution in [1.82, 2.24) is 9.55 Å². The molecule has 3 unspecified atom stereocenters. The Labute approximate surface area is 147 Å². The standard InChI is InChI=1S/C18H24N4O3/c1-13-12-16(21(2)25-13)20-18(24)22(14-8-4-3-5-9-14)11-7-6-10-15(22)17(19)23/h3-5,8-9,13,15H,6-7,10-12H2,1-2H3,(H-,19,23)/p+1. The molecule has 3 atom stereocenters. The molecule has 3 rings (SSSR count). The molecule has 0 radical (unpaired) electrons. The average Bonchev–Trinajstić information content (AvgIpc) is 2.92. The molecule has 2 aliphatic rings. The third-order valence-corrected chi connectivity index (χ3v) is 5.05. The van der Waals surface area contributed by atoms with Crippen LogP contribution < -0.4 is 10.2 Å². The second kappa shape index (κ2) is 6.93. The lowest BCUT2D eigenvalue weighted by molar-refractivity contribution is -0.122. The van der Waals surface area contributed by atoms with E-state index < -0.39 is 11.9 Å². The first-order valence-electron chi connectivity index (χ1n) is 8.70. The largest absolute Gasteiger partial charge is 0.450 e. The highest BCUT2D eigenvalue weighted by atomic mass is 16.7. The number of hydroxylamine groups is 2. The van der Waals surface area contributed by atoms with Crippen molar-refractivity contribution < 1.29 is 14.4 Å². The number of nitrogens with two attached hydrogens (primary N) is 1. The van der Waals surface area contributed by atoms with E-state index in [1.165, 1.54) is 5.06 Å². The number of amidine groups is 1. The molecule has 2 aliphatic heterocycles. The molecule has 7 nitrogen and oxygen atoms in total. The summed E-state index contributed by atoms with van der Waals surface area (Å²) in [5.41, 5.74) is 6.44. The lowest BCUT2D eigenvalue weighted by Gasteiger charge is -2.41. The van der Waals surface area contributed by atoms with Gasteiger partial charge in [0.05, 0.1) is 12.6 Å². The molecule has 0 saturated carbocycles. The van der Waals surface area contributed by atoms with Gasteiger partial charge in [-0.3, -0.25) is 9.63 Å². The number of benzene rings is 1. The van der Waals surface area contributed by atoms with Crippen molar-refractivity contribution in [1.29, 1.82) is 0 Å². The first-order valence-corrected chi connectivity index (χ1v) is 8.70. The normalized spacial score (nSPS) is 31.3. The van der Waals surface area contributed by atoms with Crippen molar-refractivity contribution in [2.75, 3.05) is 13.6 Å². The summed E-state index contributed by atoms with van der Waals surface area (Å²) in [4.78, 5) is 35.4. The minimum absolute atomic E-state index is 0.0185. The summed E-state index contributed by atoms with van der Waals surface area (Å²) >= 11 is 0. The van der Waals surface area contributed by atoms with Crippen LogP contribution in [0.1, 0.15) is 32.6 Å². The molecule has 0 spiro atoms. The van der Waals surface area contributed by atoms with Gasteiger partial charge in [-0.2, -0.15) is 4.48 Å². The van der Waals surface area contributed by atoms with Gasteiger partial charge in [0.15, 0.2) is 6.04 Å². The summed E-state index contributed by atoms with van der Waals surface area (Å²) in [7, 11) is 1.74. The number of quaternary nitrogens is 1. The van der Waals surface area contributed by atoms with Crippen LogP contribution in [0.4, 0.5) is 10.5 Å². The minimum atomic E-state index is -0.599. The molecule has 0 aromatic heterocycles. The first-order chi connectivity index (χ1) is 11.9. The fraction of sp³-hybridized carbons (Fsp3) is 0.500. The van der Waals surface area contributed by atoms with Crippen LogP contribution in [0.2, 0.25) is 0 Å². The van der Waals surface area contributed by atoms with Crippen LogP contribution in [-0.2, 0) is 9.63 Å². The number of rotatable bonds is 2. The van der Waals surface area contributed by atoms with Crippen LogP contribution in [0.25, 0.3) is 0 Å². The molecule has 2 heterocycles. The van der Waals surface area contributed by atoms with Crippen molar-refractivity contribution in [2.45, 2.75) is 44.8 Å². The van der Waals surface area contributed by atoms with Gasteiger partial charge in [-0.05, 0) is 31.9 Å². The van der Waals surface area contributed by atoms with Crippen molar-refractivity contribution >= 4 is 23.5 Å². The van der Waals surface area contributed by atoms with E-state index >= 15 is 0 Å². The van der Waals surface area contributed by atoms with Gasteiger partial charge in [0, 0.05) is 19.9 Å².